The first-order valence-corrected chi connectivity index (χ1v) is 8.80. The maximum atomic E-state index is 12.6. The number of methoxy groups -OCH3 is 1. The molecule has 2 N–H and O–H groups in total. The third-order valence-electron chi connectivity index (χ3n) is 3.80. The van der Waals surface area contributed by atoms with Gasteiger partial charge in [0.05, 0.1) is 20.3 Å². The third-order valence-corrected chi connectivity index (χ3v) is 3.80. The molecule has 0 unspecified atom stereocenters. The highest BCUT2D eigenvalue weighted by atomic mass is 19.3. The number of ether oxygens (including phenoxy) is 3. The van der Waals surface area contributed by atoms with Crippen LogP contribution in [0.4, 0.5) is 8.78 Å². The number of halogens is 2. The Bertz CT molecular complexity index is 743. The van der Waals surface area contributed by atoms with Crippen molar-refractivity contribution in [2.45, 2.75) is 19.8 Å². The molecule has 8 heteroatoms. The van der Waals surface area contributed by atoms with E-state index < -0.39 is 6.61 Å². The number of nitrogens with one attached hydrogen (secondary N) is 2. The zero-order valence-electron chi connectivity index (χ0n) is 16.0. The van der Waals surface area contributed by atoms with Crippen LogP contribution in [-0.2, 0) is 17.9 Å². The lowest BCUT2D eigenvalue weighted by Crippen LogP contribution is -2.38. The molecule has 6 nitrogen and oxygen atoms in total. The average molecular weight is 393 g/mol. The summed E-state index contributed by atoms with van der Waals surface area (Å²) in [5.74, 6) is 1.16. The lowest BCUT2D eigenvalue weighted by molar-refractivity contribution is -0.0505. The monoisotopic (exact) mass is 393 g/mol. The van der Waals surface area contributed by atoms with Crippen LogP contribution in [0.3, 0.4) is 0 Å². The number of hydrogen-bond acceptors (Lipinski definition) is 4. The predicted molar refractivity (Wildman–Crippen MR) is 104 cm³/mol. The van der Waals surface area contributed by atoms with Gasteiger partial charge in [-0.25, -0.2) is 0 Å². The van der Waals surface area contributed by atoms with E-state index in [1.54, 1.807) is 19.2 Å². The molecule has 0 saturated heterocycles. The molecule has 2 rings (SSSR count). The van der Waals surface area contributed by atoms with Crippen LogP contribution in [0.5, 0.6) is 11.5 Å². The second kappa shape index (κ2) is 11.8. The van der Waals surface area contributed by atoms with Crippen LogP contribution in [0.2, 0.25) is 0 Å². The molecule has 2 aromatic rings. The fourth-order valence-electron chi connectivity index (χ4n) is 2.44. The molecular weight excluding hydrogens is 368 g/mol. The van der Waals surface area contributed by atoms with E-state index >= 15 is 0 Å². The zero-order chi connectivity index (χ0) is 20.2. The van der Waals surface area contributed by atoms with Gasteiger partial charge in [0, 0.05) is 25.7 Å². The molecule has 0 bridgehead atoms. The maximum Gasteiger partial charge on any atom is 0.387 e. The van der Waals surface area contributed by atoms with E-state index in [4.69, 9.17) is 9.47 Å². The number of nitrogens with zero attached hydrogens (tertiary/aromatic N) is 1. The van der Waals surface area contributed by atoms with Gasteiger partial charge < -0.3 is 24.8 Å². The Balaban J connectivity index is 1.79. The van der Waals surface area contributed by atoms with Crippen LogP contribution < -0.4 is 20.1 Å². The number of aliphatic imine (C=N–C) groups is 1. The molecule has 0 aliphatic rings. The van der Waals surface area contributed by atoms with E-state index in [0.29, 0.717) is 37.0 Å². The zero-order valence-corrected chi connectivity index (χ0v) is 16.0. The Labute approximate surface area is 163 Å². The fourth-order valence-corrected chi connectivity index (χ4v) is 2.44. The van der Waals surface area contributed by atoms with Gasteiger partial charge in [0.25, 0.3) is 0 Å². The highest BCUT2D eigenvalue weighted by Crippen LogP contribution is 2.25. The van der Waals surface area contributed by atoms with Crippen molar-refractivity contribution >= 4 is 5.96 Å². The second-order valence-corrected chi connectivity index (χ2v) is 5.74. The second-order valence-electron chi connectivity index (χ2n) is 5.74. The summed E-state index contributed by atoms with van der Waals surface area (Å²) in [5, 5.41) is 6.17. The van der Waals surface area contributed by atoms with Crippen molar-refractivity contribution < 1.29 is 23.0 Å². The van der Waals surface area contributed by atoms with Crippen molar-refractivity contribution in [3.63, 3.8) is 0 Å². The normalized spacial score (nSPS) is 11.4. The first-order valence-electron chi connectivity index (χ1n) is 8.80. The van der Waals surface area contributed by atoms with Gasteiger partial charge in [-0.05, 0) is 23.8 Å². The first-order chi connectivity index (χ1) is 13.6. The van der Waals surface area contributed by atoms with Gasteiger partial charge in [-0.2, -0.15) is 8.78 Å². The standard InChI is InChI=1S/C20H25F2N3O3/c1-23-20(24-10-11-27-14-15-6-4-3-5-7-15)25-13-16-12-17(26-2)8-9-18(16)28-19(21)22/h3-9,12,19H,10-11,13-14H2,1-2H3,(H2,23,24,25). The van der Waals surface area contributed by atoms with Crippen LogP contribution in [-0.4, -0.2) is 39.9 Å². The highest BCUT2D eigenvalue weighted by molar-refractivity contribution is 5.79. The van der Waals surface area contributed by atoms with Crippen LogP contribution in [0.25, 0.3) is 0 Å². The van der Waals surface area contributed by atoms with Gasteiger partial charge in [-0.1, -0.05) is 30.3 Å². The molecule has 0 fully saturated rings. The van der Waals surface area contributed by atoms with Crippen LogP contribution in [0, 0.1) is 0 Å². The van der Waals surface area contributed by atoms with Crippen LogP contribution in [0.15, 0.2) is 53.5 Å². The summed E-state index contributed by atoms with van der Waals surface area (Å²) < 4.78 is 40.5. The molecule has 0 saturated carbocycles. The van der Waals surface area contributed by atoms with Gasteiger partial charge in [-0.3, -0.25) is 4.99 Å². The minimum Gasteiger partial charge on any atom is -0.497 e. The van der Waals surface area contributed by atoms with Gasteiger partial charge in [0.15, 0.2) is 5.96 Å². The maximum absolute atomic E-state index is 12.6. The molecule has 0 atom stereocenters. The predicted octanol–water partition coefficient (Wildman–Crippen LogP) is 3.18. The van der Waals surface area contributed by atoms with Crippen LogP contribution >= 0.6 is 0 Å². The SMILES string of the molecule is CN=C(NCCOCc1ccccc1)NCc1cc(OC)ccc1OC(F)F. The summed E-state index contributed by atoms with van der Waals surface area (Å²) in [4.78, 5) is 4.11. The van der Waals surface area contributed by atoms with Gasteiger partial charge in [-0.15, -0.1) is 0 Å². The van der Waals surface area contributed by atoms with Gasteiger partial charge in [0.1, 0.15) is 11.5 Å². The average Bonchev–Trinajstić information content (AvgIpc) is 2.71. The minimum atomic E-state index is -2.90. The first kappa shape index (κ1) is 21.4. The summed E-state index contributed by atoms with van der Waals surface area (Å²) in [5.41, 5.74) is 1.64. The molecule has 2 aromatic carbocycles. The van der Waals surface area contributed by atoms with Gasteiger partial charge in [0.2, 0.25) is 0 Å². The van der Waals surface area contributed by atoms with Crippen molar-refractivity contribution in [3.8, 4) is 11.5 Å². The lowest BCUT2D eigenvalue weighted by Gasteiger charge is -2.15. The van der Waals surface area contributed by atoms with Crippen molar-refractivity contribution in [2.24, 2.45) is 4.99 Å². The number of guanidine groups is 1. The molecular formula is C20H25F2N3O3. The number of alkyl halides is 2. The van der Waals surface area contributed by atoms with E-state index in [0.717, 1.165) is 5.56 Å². The van der Waals surface area contributed by atoms with Crippen molar-refractivity contribution in [1.29, 1.82) is 0 Å². The lowest BCUT2D eigenvalue weighted by atomic mass is 10.2. The van der Waals surface area contributed by atoms with E-state index in [2.05, 4.69) is 20.4 Å². The number of hydrogen-bond donors (Lipinski definition) is 2. The Kier molecular flexibility index (Phi) is 9.00. The topological polar surface area (TPSA) is 64.1 Å². The summed E-state index contributed by atoms with van der Waals surface area (Å²) in [6.45, 7) is -1.08. The fraction of sp³-hybridized carbons (Fsp3) is 0.350. The molecule has 0 aliphatic heterocycles. The van der Waals surface area contributed by atoms with Crippen molar-refractivity contribution in [2.75, 3.05) is 27.3 Å². The largest absolute Gasteiger partial charge is 0.497 e. The van der Waals surface area contributed by atoms with E-state index in [1.807, 2.05) is 30.3 Å². The summed E-state index contributed by atoms with van der Waals surface area (Å²) >= 11 is 0. The minimum absolute atomic E-state index is 0.0879. The molecule has 0 aliphatic carbocycles. The van der Waals surface area contributed by atoms with Gasteiger partial charge >= 0.3 is 6.61 Å². The van der Waals surface area contributed by atoms with E-state index in [9.17, 15) is 8.78 Å². The summed E-state index contributed by atoms with van der Waals surface area (Å²) in [6, 6.07) is 14.6. The van der Waals surface area contributed by atoms with Crippen LogP contribution in [0.1, 0.15) is 11.1 Å². The molecule has 0 aromatic heterocycles. The molecule has 28 heavy (non-hydrogen) atoms. The Morgan fingerprint density at radius 3 is 2.57 bits per heavy atom. The van der Waals surface area contributed by atoms with Crippen molar-refractivity contribution in [3.05, 3.63) is 59.7 Å². The molecule has 0 radical (unpaired) electrons. The third kappa shape index (κ3) is 7.40. The highest BCUT2D eigenvalue weighted by Gasteiger charge is 2.11. The summed E-state index contributed by atoms with van der Waals surface area (Å²) in [6.07, 6.45) is 0. The molecule has 0 spiro atoms. The molecule has 152 valence electrons. The number of rotatable bonds is 10. The quantitative estimate of drug-likeness (QED) is 0.369. The van der Waals surface area contributed by atoms with E-state index in [-0.39, 0.29) is 12.3 Å². The Morgan fingerprint density at radius 1 is 1.11 bits per heavy atom. The molecule has 0 amide bonds. The molecule has 0 heterocycles. The Hall–Kier alpha value is -2.87. The smallest absolute Gasteiger partial charge is 0.387 e. The number of benzene rings is 2. The Morgan fingerprint density at radius 2 is 1.89 bits per heavy atom. The van der Waals surface area contributed by atoms with Crippen molar-refractivity contribution in [1.82, 2.24) is 10.6 Å². The van der Waals surface area contributed by atoms with E-state index in [1.165, 1.54) is 13.2 Å². The summed E-state index contributed by atoms with van der Waals surface area (Å²) in [7, 11) is 3.14.